The number of nitrogens with zero attached hydrogens (tertiary/aromatic N) is 5. The molecule has 5 rings (SSSR count). The second-order valence-corrected chi connectivity index (χ2v) is 6.39. The fourth-order valence-corrected chi connectivity index (χ4v) is 3.01. The molecular formula is C21H15N7O2. The molecule has 2 aromatic carbocycles. The fraction of sp³-hybridized carbons (Fsp3) is 0. The molecule has 0 radical (unpaired) electrons. The van der Waals surface area contributed by atoms with Crippen molar-refractivity contribution in [3.05, 3.63) is 84.9 Å². The van der Waals surface area contributed by atoms with E-state index in [9.17, 15) is 4.79 Å². The number of para-hydroxylation sites is 2. The van der Waals surface area contributed by atoms with Gasteiger partial charge in [-0.15, -0.1) is 0 Å². The van der Waals surface area contributed by atoms with Crippen molar-refractivity contribution < 1.29 is 9.32 Å². The summed E-state index contributed by atoms with van der Waals surface area (Å²) in [6, 6.07) is 18.7. The lowest BCUT2D eigenvalue weighted by atomic mass is 10.2. The Morgan fingerprint density at radius 1 is 0.967 bits per heavy atom. The molecule has 0 saturated carbocycles. The van der Waals surface area contributed by atoms with Crippen molar-refractivity contribution in [2.24, 2.45) is 0 Å². The van der Waals surface area contributed by atoms with Gasteiger partial charge in [0.25, 0.3) is 5.91 Å². The van der Waals surface area contributed by atoms with Gasteiger partial charge in [0.05, 0.1) is 11.0 Å². The van der Waals surface area contributed by atoms with Crippen LogP contribution in [0.15, 0.2) is 83.9 Å². The third-order valence-electron chi connectivity index (χ3n) is 4.51. The van der Waals surface area contributed by atoms with Gasteiger partial charge < -0.3 is 4.52 Å². The first-order chi connectivity index (χ1) is 14.8. The second kappa shape index (κ2) is 7.47. The lowest BCUT2D eigenvalue weighted by Gasteiger charge is -2.07. The summed E-state index contributed by atoms with van der Waals surface area (Å²) in [5.74, 6) is 0.0618. The first-order valence-electron chi connectivity index (χ1n) is 9.11. The van der Waals surface area contributed by atoms with Gasteiger partial charge in [0, 0.05) is 29.2 Å². The van der Waals surface area contributed by atoms with Crippen LogP contribution in [0.4, 0.5) is 6.01 Å². The summed E-state index contributed by atoms with van der Waals surface area (Å²) in [6.07, 6.45) is 5.03. The molecule has 2 N–H and O–H groups in total. The van der Waals surface area contributed by atoms with Crippen molar-refractivity contribution in [1.29, 1.82) is 0 Å². The molecule has 3 aromatic heterocycles. The molecule has 0 aliphatic rings. The number of imidazole rings is 1. The molecule has 1 amide bonds. The maximum atomic E-state index is 12.4. The molecule has 146 valence electrons. The van der Waals surface area contributed by atoms with Crippen LogP contribution in [0.5, 0.6) is 0 Å². The highest BCUT2D eigenvalue weighted by Gasteiger charge is 2.11. The second-order valence-electron chi connectivity index (χ2n) is 6.39. The number of carbonyl (C=O) groups is 1. The molecule has 0 atom stereocenters. The summed E-state index contributed by atoms with van der Waals surface area (Å²) in [4.78, 5) is 24.9. The Kier molecular flexibility index (Phi) is 4.37. The molecule has 0 fully saturated rings. The molecule has 0 unspecified atom stereocenters. The van der Waals surface area contributed by atoms with Crippen molar-refractivity contribution in [3.63, 3.8) is 0 Å². The van der Waals surface area contributed by atoms with Gasteiger partial charge in [-0.25, -0.2) is 10.4 Å². The van der Waals surface area contributed by atoms with E-state index in [0.717, 1.165) is 22.3 Å². The van der Waals surface area contributed by atoms with Crippen LogP contribution in [0.3, 0.4) is 0 Å². The zero-order chi connectivity index (χ0) is 20.3. The summed E-state index contributed by atoms with van der Waals surface area (Å²) in [5.41, 5.74) is 9.23. The van der Waals surface area contributed by atoms with Crippen molar-refractivity contribution >= 4 is 23.0 Å². The van der Waals surface area contributed by atoms with Gasteiger partial charge in [0.2, 0.25) is 5.82 Å². The molecule has 5 aromatic rings. The molecule has 0 aliphatic heterocycles. The van der Waals surface area contributed by atoms with Gasteiger partial charge in [0.15, 0.2) is 0 Å². The maximum absolute atomic E-state index is 12.4. The summed E-state index contributed by atoms with van der Waals surface area (Å²) in [7, 11) is 0. The zero-order valence-electron chi connectivity index (χ0n) is 15.6. The van der Waals surface area contributed by atoms with Crippen LogP contribution in [0.1, 0.15) is 10.4 Å². The van der Waals surface area contributed by atoms with Crippen LogP contribution >= 0.6 is 0 Å². The van der Waals surface area contributed by atoms with Crippen molar-refractivity contribution in [2.75, 3.05) is 5.43 Å². The number of pyridine rings is 1. The van der Waals surface area contributed by atoms with E-state index >= 15 is 0 Å². The van der Waals surface area contributed by atoms with Gasteiger partial charge in [-0.3, -0.25) is 19.8 Å². The van der Waals surface area contributed by atoms with Crippen molar-refractivity contribution in [1.82, 2.24) is 30.1 Å². The van der Waals surface area contributed by atoms with E-state index in [1.54, 1.807) is 43.0 Å². The van der Waals surface area contributed by atoms with Crippen molar-refractivity contribution in [2.45, 2.75) is 0 Å². The van der Waals surface area contributed by atoms with E-state index in [4.69, 9.17) is 4.52 Å². The molecule has 3 heterocycles. The lowest BCUT2D eigenvalue weighted by Crippen LogP contribution is -2.29. The minimum absolute atomic E-state index is 0.0802. The summed E-state index contributed by atoms with van der Waals surface area (Å²) in [6.45, 7) is 0. The molecule has 0 saturated heterocycles. The van der Waals surface area contributed by atoms with Crippen LogP contribution in [0.2, 0.25) is 0 Å². The number of anilines is 1. The largest absolute Gasteiger partial charge is 0.340 e. The minimum atomic E-state index is -0.333. The van der Waals surface area contributed by atoms with Crippen LogP contribution in [-0.4, -0.2) is 30.6 Å². The molecule has 9 heteroatoms. The Morgan fingerprint density at radius 2 is 1.77 bits per heavy atom. The number of rotatable bonds is 5. The van der Waals surface area contributed by atoms with E-state index in [1.165, 1.54) is 0 Å². The average Bonchev–Trinajstić information content (AvgIpc) is 3.46. The van der Waals surface area contributed by atoms with Gasteiger partial charge >= 0.3 is 6.01 Å². The highest BCUT2D eigenvalue weighted by Crippen LogP contribution is 2.19. The first kappa shape index (κ1) is 17.6. The van der Waals surface area contributed by atoms with Crippen LogP contribution in [0, 0.1) is 0 Å². The molecule has 9 nitrogen and oxygen atoms in total. The number of benzene rings is 2. The first-order valence-corrected chi connectivity index (χ1v) is 9.11. The normalized spacial score (nSPS) is 10.8. The Hall–Kier alpha value is -4.53. The zero-order valence-corrected chi connectivity index (χ0v) is 15.6. The van der Waals surface area contributed by atoms with Crippen LogP contribution in [-0.2, 0) is 0 Å². The van der Waals surface area contributed by atoms with Crippen molar-refractivity contribution in [3.8, 4) is 17.1 Å². The quantitative estimate of drug-likeness (QED) is 0.438. The number of aromatic nitrogens is 5. The third kappa shape index (κ3) is 3.35. The minimum Gasteiger partial charge on any atom is -0.313 e. The SMILES string of the molecule is O=C(NNc1nc(-c2ccncc2)no1)c1ccc(-n2cnc3ccccc32)cc1. The van der Waals surface area contributed by atoms with E-state index < -0.39 is 0 Å². The van der Waals surface area contributed by atoms with Gasteiger partial charge in [-0.05, 0) is 48.5 Å². The number of hydrogen-bond donors (Lipinski definition) is 2. The van der Waals surface area contributed by atoms with E-state index in [-0.39, 0.29) is 11.9 Å². The lowest BCUT2D eigenvalue weighted by molar-refractivity contribution is 0.0961. The third-order valence-corrected chi connectivity index (χ3v) is 4.51. The van der Waals surface area contributed by atoms with E-state index in [0.29, 0.717) is 11.4 Å². The molecular weight excluding hydrogens is 382 g/mol. The van der Waals surface area contributed by atoms with Crippen LogP contribution in [0.25, 0.3) is 28.1 Å². The summed E-state index contributed by atoms with van der Waals surface area (Å²) >= 11 is 0. The number of carbonyl (C=O) groups excluding carboxylic acids is 1. The molecule has 0 spiro atoms. The monoisotopic (exact) mass is 397 g/mol. The number of hydrogen-bond acceptors (Lipinski definition) is 7. The number of nitrogens with one attached hydrogen (secondary N) is 2. The molecule has 0 aliphatic carbocycles. The summed E-state index contributed by atoms with van der Waals surface area (Å²) in [5, 5.41) is 3.87. The highest BCUT2D eigenvalue weighted by atomic mass is 16.5. The molecule has 0 bridgehead atoms. The van der Waals surface area contributed by atoms with E-state index in [1.807, 2.05) is 41.0 Å². The highest BCUT2D eigenvalue weighted by molar-refractivity contribution is 5.95. The van der Waals surface area contributed by atoms with E-state index in [2.05, 4.69) is 31.0 Å². The predicted molar refractivity (Wildman–Crippen MR) is 110 cm³/mol. The summed E-state index contributed by atoms with van der Waals surface area (Å²) < 4.78 is 7.06. The maximum Gasteiger partial charge on any atom is 0.340 e. The van der Waals surface area contributed by atoms with Crippen LogP contribution < -0.4 is 10.9 Å². The Labute approximate surface area is 170 Å². The Morgan fingerprint density at radius 3 is 2.60 bits per heavy atom. The van der Waals surface area contributed by atoms with Gasteiger partial charge in [-0.1, -0.05) is 17.3 Å². The van der Waals surface area contributed by atoms with Gasteiger partial charge in [-0.2, -0.15) is 4.98 Å². The molecule has 30 heavy (non-hydrogen) atoms. The topological polar surface area (TPSA) is 111 Å². The Balaban J connectivity index is 1.26. The number of fused-ring (bicyclic) bond motifs is 1. The predicted octanol–water partition coefficient (Wildman–Crippen LogP) is 3.23. The standard InChI is InChI=1S/C21H15N7O2/c29-20(25-26-21-24-19(27-30-21)14-9-11-22-12-10-14)15-5-7-16(8-6-15)28-13-23-17-3-1-2-4-18(17)28/h1-13H,(H,25,29)(H,24,26,27). The number of amides is 1. The average molecular weight is 397 g/mol. The number of hydrazine groups is 1. The Bertz CT molecular complexity index is 1310. The smallest absolute Gasteiger partial charge is 0.313 e. The van der Waals surface area contributed by atoms with Gasteiger partial charge in [0.1, 0.15) is 6.33 Å². The fourth-order valence-electron chi connectivity index (χ4n) is 3.01.